The van der Waals surface area contributed by atoms with Crippen LogP contribution in [-0.4, -0.2) is 115 Å². The molecule has 13 nitrogen and oxygen atoms in total. The van der Waals surface area contributed by atoms with Crippen molar-refractivity contribution in [2.24, 2.45) is 17.8 Å². The first-order valence-electron chi connectivity index (χ1n) is 17.4. The van der Waals surface area contributed by atoms with Gasteiger partial charge in [0.15, 0.2) is 18.2 Å². The van der Waals surface area contributed by atoms with Crippen LogP contribution in [0.5, 0.6) is 0 Å². The van der Waals surface area contributed by atoms with Gasteiger partial charge in [-0.1, -0.05) is 33.6 Å². The summed E-state index contributed by atoms with van der Waals surface area (Å²) in [6, 6.07) is -1.83. The number of terminal acetylenes is 1. The molecule has 3 saturated heterocycles. The lowest BCUT2D eigenvalue weighted by Crippen LogP contribution is -2.63. The van der Waals surface area contributed by atoms with E-state index in [2.05, 4.69) is 28.4 Å². The van der Waals surface area contributed by atoms with Crippen molar-refractivity contribution in [3.8, 4) is 24.2 Å². The average molecular weight is 720 g/mol. The summed E-state index contributed by atoms with van der Waals surface area (Å²) in [6.45, 7) is 13.3. The molecule has 0 spiro atoms. The summed E-state index contributed by atoms with van der Waals surface area (Å²) in [5.74, 6) is 0.800. The Balaban J connectivity index is 2.25. The number of carbonyl (C=O) groups excluding carboxylic acids is 5. The summed E-state index contributed by atoms with van der Waals surface area (Å²) in [6.07, 6.45) is 0.664. The first-order chi connectivity index (χ1) is 23.6. The fourth-order valence-electron chi connectivity index (χ4n) is 7.87. The molecule has 0 saturated carbocycles. The van der Waals surface area contributed by atoms with Crippen LogP contribution in [0.2, 0.25) is 0 Å². The standard InChI is InChI=1S/C37H54FN3O10/c1-13-15-16-17-47-35(8)19-20(3)27(43)22(5)29-37(10,40-34(46)39-29)26(14-2)50-33(45)36(9,38)30(44)23(6)31(35)51-32-28(49-24(7)42)25(41(11)12)18-21(4)48-32/h1,20-23,25-26,28-29,31-32H,14,17-19H2,2-12H3,(H2,39,40,46)/t20-,21-,22+,23+,25+,26-,28-,29-,31-,32+,35-,36-,37-/m1/s1. The number of esters is 2. The molecule has 0 aromatic rings. The van der Waals surface area contributed by atoms with E-state index in [0.717, 1.165) is 6.92 Å². The molecule has 0 bridgehead atoms. The number of carbonyl (C=O) groups is 5. The molecule has 0 radical (unpaired) electrons. The maximum Gasteiger partial charge on any atom is 0.351 e. The number of likely N-dealkylation sites (N-methyl/N-ethyl adjacent to an activating group) is 1. The number of nitrogens with zero attached hydrogens (tertiary/aromatic N) is 1. The zero-order chi connectivity index (χ0) is 38.6. The lowest BCUT2D eigenvalue weighted by atomic mass is 9.72. The normalized spacial score (nSPS) is 40.8. The van der Waals surface area contributed by atoms with Crippen LogP contribution in [0.1, 0.15) is 81.6 Å². The van der Waals surface area contributed by atoms with E-state index in [4.69, 9.17) is 30.1 Å². The van der Waals surface area contributed by atoms with Gasteiger partial charge in [-0.25, -0.2) is 14.0 Å². The van der Waals surface area contributed by atoms with E-state index in [1.165, 1.54) is 13.8 Å². The highest BCUT2D eigenvalue weighted by Crippen LogP contribution is 2.40. The van der Waals surface area contributed by atoms with Crippen LogP contribution >= 0.6 is 0 Å². The second-order valence-corrected chi connectivity index (χ2v) is 14.9. The van der Waals surface area contributed by atoms with Crippen molar-refractivity contribution < 1.29 is 52.0 Å². The van der Waals surface area contributed by atoms with Crippen molar-refractivity contribution in [3.05, 3.63) is 0 Å². The molecular weight excluding hydrogens is 665 g/mol. The lowest BCUT2D eigenvalue weighted by Gasteiger charge is -2.48. The molecule has 14 heteroatoms. The fourth-order valence-corrected chi connectivity index (χ4v) is 7.87. The highest BCUT2D eigenvalue weighted by Gasteiger charge is 2.58. The Morgan fingerprint density at radius 1 is 1.10 bits per heavy atom. The molecule has 0 unspecified atom stereocenters. The lowest BCUT2D eigenvalue weighted by molar-refractivity contribution is -0.299. The predicted molar refractivity (Wildman–Crippen MR) is 183 cm³/mol. The molecule has 3 heterocycles. The van der Waals surface area contributed by atoms with E-state index in [1.54, 1.807) is 34.6 Å². The molecule has 0 aromatic carbocycles. The molecule has 13 atom stereocenters. The number of Topliss-reactive ketones (excluding diaryl/α,β-unsaturated/α-hetero) is 2. The van der Waals surface area contributed by atoms with Gasteiger partial charge in [0.25, 0.3) is 5.67 Å². The number of nitrogens with one attached hydrogen (secondary N) is 2. The summed E-state index contributed by atoms with van der Waals surface area (Å²) < 4.78 is 47.4. The summed E-state index contributed by atoms with van der Waals surface area (Å²) >= 11 is 0. The number of alkyl halides is 1. The zero-order valence-electron chi connectivity index (χ0n) is 31.6. The topological polar surface area (TPSA) is 159 Å². The largest absolute Gasteiger partial charge is 0.457 e. The van der Waals surface area contributed by atoms with Gasteiger partial charge in [0, 0.05) is 24.7 Å². The quantitative estimate of drug-likeness (QED) is 0.227. The molecular formula is C37H54FN3O10. The summed E-state index contributed by atoms with van der Waals surface area (Å²) in [5.41, 5.74) is -6.12. The van der Waals surface area contributed by atoms with Crippen LogP contribution < -0.4 is 10.6 Å². The molecule has 0 aromatic heterocycles. The minimum atomic E-state index is -3.19. The molecule has 3 aliphatic heterocycles. The number of fused-ring (bicyclic) bond motifs is 1. The minimum Gasteiger partial charge on any atom is -0.457 e. The number of ketones is 2. The zero-order valence-corrected chi connectivity index (χ0v) is 31.6. The Kier molecular flexibility index (Phi) is 13.5. The molecule has 3 fully saturated rings. The summed E-state index contributed by atoms with van der Waals surface area (Å²) in [4.78, 5) is 69.1. The van der Waals surface area contributed by atoms with Crippen molar-refractivity contribution in [1.29, 1.82) is 0 Å². The predicted octanol–water partition coefficient (Wildman–Crippen LogP) is 2.72. The van der Waals surface area contributed by atoms with Gasteiger partial charge in [0.05, 0.1) is 35.4 Å². The third-order valence-corrected chi connectivity index (χ3v) is 10.5. The summed E-state index contributed by atoms with van der Waals surface area (Å²) in [7, 11) is 3.62. The van der Waals surface area contributed by atoms with E-state index < -0.39 is 95.1 Å². The fraction of sp³-hybridized carbons (Fsp3) is 0.757. The van der Waals surface area contributed by atoms with Crippen LogP contribution in [0.15, 0.2) is 0 Å². The Bertz CT molecular complexity index is 1450. The Morgan fingerprint density at radius 2 is 1.75 bits per heavy atom. The Labute approximate surface area is 300 Å². The Morgan fingerprint density at radius 3 is 2.31 bits per heavy atom. The van der Waals surface area contributed by atoms with Crippen LogP contribution in [0, 0.1) is 41.9 Å². The van der Waals surface area contributed by atoms with Gasteiger partial charge in [-0.3, -0.25) is 14.4 Å². The second kappa shape index (κ2) is 16.4. The second-order valence-electron chi connectivity index (χ2n) is 14.9. The number of hydrogen-bond donors (Lipinski definition) is 2. The van der Waals surface area contributed by atoms with Crippen molar-refractivity contribution in [1.82, 2.24) is 15.5 Å². The number of ether oxygens (including phenoxy) is 5. The number of cyclic esters (lactones) is 1. The van der Waals surface area contributed by atoms with Gasteiger partial charge in [-0.15, -0.1) is 6.42 Å². The summed E-state index contributed by atoms with van der Waals surface area (Å²) in [5, 5.41) is 5.56. The molecule has 2 amide bonds. The number of hydrogen-bond acceptors (Lipinski definition) is 11. The first kappa shape index (κ1) is 41.9. The number of halogens is 1. The van der Waals surface area contributed by atoms with E-state index in [-0.39, 0.29) is 31.3 Å². The third kappa shape index (κ3) is 8.91. The van der Waals surface area contributed by atoms with Gasteiger partial charge < -0.3 is 39.2 Å². The highest BCUT2D eigenvalue weighted by atomic mass is 19.1. The van der Waals surface area contributed by atoms with Gasteiger partial charge in [-0.2, -0.15) is 0 Å². The maximum atomic E-state index is 16.8. The van der Waals surface area contributed by atoms with E-state index in [1.807, 2.05) is 25.9 Å². The number of urea groups is 1. The molecule has 3 rings (SSSR count). The molecule has 284 valence electrons. The monoisotopic (exact) mass is 719 g/mol. The van der Waals surface area contributed by atoms with E-state index >= 15 is 4.39 Å². The Hall–Kier alpha value is -3.56. The van der Waals surface area contributed by atoms with Gasteiger partial charge in [0.2, 0.25) is 0 Å². The third-order valence-electron chi connectivity index (χ3n) is 10.5. The van der Waals surface area contributed by atoms with Gasteiger partial charge in [-0.05, 0) is 72.9 Å². The highest BCUT2D eigenvalue weighted by molar-refractivity contribution is 6.08. The molecule has 3 aliphatic rings. The number of rotatable bonds is 7. The first-order valence-corrected chi connectivity index (χ1v) is 17.4. The minimum absolute atomic E-state index is 0.0801. The SMILES string of the molecule is C#CC#CCO[C@]1(C)C[C@@H](C)C(=O)[C@H](C)[C@H]2NC(=O)N[C@]2(C)[C@@H](CC)OC(=O)[C@](C)(F)C(=O)[C@H](C)[C@H]1O[C@@H]1O[C@H](C)C[C@H](N(C)C)[C@H]1OC(C)=O. The van der Waals surface area contributed by atoms with Crippen molar-refractivity contribution in [2.45, 2.75) is 141 Å². The maximum absolute atomic E-state index is 16.8. The number of amides is 2. The molecule has 0 aliphatic carbocycles. The van der Waals surface area contributed by atoms with Gasteiger partial charge in [0.1, 0.15) is 18.5 Å². The van der Waals surface area contributed by atoms with Gasteiger partial charge >= 0.3 is 18.0 Å². The van der Waals surface area contributed by atoms with Crippen molar-refractivity contribution in [2.75, 3.05) is 20.7 Å². The van der Waals surface area contributed by atoms with Crippen LogP contribution in [0.25, 0.3) is 0 Å². The molecule has 2 N–H and O–H groups in total. The molecule has 51 heavy (non-hydrogen) atoms. The average Bonchev–Trinajstić information content (AvgIpc) is 3.36. The van der Waals surface area contributed by atoms with Crippen LogP contribution in [0.3, 0.4) is 0 Å². The van der Waals surface area contributed by atoms with E-state index in [0.29, 0.717) is 6.42 Å². The van der Waals surface area contributed by atoms with Crippen molar-refractivity contribution >= 4 is 29.5 Å². The smallest absolute Gasteiger partial charge is 0.351 e. The van der Waals surface area contributed by atoms with Crippen molar-refractivity contribution in [3.63, 3.8) is 0 Å². The van der Waals surface area contributed by atoms with E-state index in [9.17, 15) is 24.0 Å². The van der Waals surface area contributed by atoms with Crippen LogP contribution in [-0.2, 0) is 42.9 Å². The van der Waals surface area contributed by atoms with Crippen LogP contribution in [0.4, 0.5) is 9.18 Å².